The summed E-state index contributed by atoms with van der Waals surface area (Å²) in [6.07, 6.45) is 3.95. The highest BCUT2D eigenvalue weighted by atomic mass is 16.6. The number of carbonyl (C=O) groups is 2. The molecule has 2 atom stereocenters. The van der Waals surface area contributed by atoms with Gasteiger partial charge in [-0.05, 0) is 46.5 Å². The van der Waals surface area contributed by atoms with Gasteiger partial charge in [-0.1, -0.05) is 6.92 Å². The zero-order valence-electron chi connectivity index (χ0n) is 14.3. The van der Waals surface area contributed by atoms with Gasteiger partial charge < -0.3 is 20.7 Å². The van der Waals surface area contributed by atoms with Gasteiger partial charge in [0, 0.05) is 31.6 Å². The Morgan fingerprint density at radius 3 is 2.45 bits per heavy atom. The standard InChI is InChI=1S/C16H31N3O3/c1-5-9-18-14(20)8-10-17-12-6-7-13(11-12)19-15(21)22-16(2,3)4/h12-13,17H,5-11H2,1-4H3,(H,18,20)(H,19,21). The van der Waals surface area contributed by atoms with Crippen LogP contribution in [0.2, 0.25) is 0 Å². The molecule has 1 fully saturated rings. The SMILES string of the molecule is CCCNC(=O)CCNC1CCC(NC(=O)OC(C)(C)C)C1. The molecule has 1 aliphatic carbocycles. The first-order valence-electron chi connectivity index (χ1n) is 8.29. The summed E-state index contributed by atoms with van der Waals surface area (Å²) in [5, 5.41) is 9.16. The number of amides is 2. The number of ether oxygens (including phenoxy) is 1. The van der Waals surface area contributed by atoms with Crippen LogP contribution in [0.4, 0.5) is 4.79 Å². The number of hydrogen-bond donors (Lipinski definition) is 3. The van der Waals surface area contributed by atoms with E-state index < -0.39 is 5.60 Å². The van der Waals surface area contributed by atoms with E-state index in [-0.39, 0.29) is 18.0 Å². The number of alkyl carbamates (subject to hydrolysis) is 1. The van der Waals surface area contributed by atoms with Crippen LogP contribution in [-0.2, 0) is 9.53 Å². The highest BCUT2D eigenvalue weighted by Gasteiger charge is 2.27. The molecule has 6 nitrogen and oxygen atoms in total. The highest BCUT2D eigenvalue weighted by molar-refractivity contribution is 5.76. The van der Waals surface area contributed by atoms with E-state index in [1.165, 1.54) is 0 Å². The molecule has 2 amide bonds. The molecule has 0 heterocycles. The van der Waals surface area contributed by atoms with Gasteiger partial charge >= 0.3 is 6.09 Å². The summed E-state index contributed by atoms with van der Waals surface area (Å²) < 4.78 is 5.26. The smallest absolute Gasteiger partial charge is 0.407 e. The molecule has 0 aromatic carbocycles. The molecule has 0 bridgehead atoms. The summed E-state index contributed by atoms with van der Waals surface area (Å²) >= 11 is 0. The Labute approximate surface area is 133 Å². The predicted octanol–water partition coefficient (Wildman–Crippen LogP) is 1.94. The van der Waals surface area contributed by atoms with Crippen molar-refractivity contribution < 1.29 is 14.3 Å². The molecule has 3 N–H and O–H groups in total. The Morgan fingerprint density at radius 2 is 1.82 bits per heavy atom. The third kappa shape index (κ3) is 8.22. The van der Waals surface area contributed by atoms with Gasteiger partial charge in [-0.2, -0.15) is 0 Å². The third-order valence-electron chi connectivity index (χ3n) is 3.51. The average molecular weight is 313 g/mol. The molecule has 0 radical (unpaired) electrons. The summed E-state index contributed by atoms with van der Waals surface area (Å²) in [6.45, 7) is 9.03. The number of rotatable bonds is 7. The Hall–Kier alpha value is -1.30. The molecular formula is C16H31N3O3. The highest BCUT2D eigenvalue weighted by Crippen LogP contribution is 2.19. The minimum Gasteiger partial charge on any atom is -0.444 e. The molecule has 0 aliphatic heterocycles. The summed E-state index contributed by atoms with van der Waals surface area (Å²) in [6, 6.07) is 0.514. The van der Waals surface area contributed by atoms with E-state index >= 15 is 0 Å². The minimum absolute atomic E-state index is 0.0933. The summed E-state index contributed by atoms with van der Waals surface area (Å²) in [5.41, 5.74) is -0.466. The second-order valence-electron chi connectivity index (χ2n) is 6.91. The van der Waals surface area contributed by atoms with Crippen LogP contribution in [0.15, 0.2) is 0 Å². The topological polar surface area (TPSA) is 79.5 Å². The molecule has 0 saturated heterocycles. The van der Waals surface area contributed by atoms with Gasteiger partial charge in [0.1, 0.15) is 5.60 Å². The second-order valence-corrected chi connectivity index (χ2v) is 6.91. The van der Waals surface area contributed by atoms with E-state index in [0.29, 0.717) is 19.0 Å². The largest absolute Gasteiger partial charge is 0.444 e. The van der Waals surface area contributed by atoms with E-state index in [0.717, 1.165) is 32.2 Å². The lowest BCUT2D eigenvalue weighted by Gasteiger charge is -2.21. The molecule has 128 valence electrons. The third-order valence-corrected chi connectivity index (χ3v) is 3.51. The van der Waals surface area contributed by atoms with Crippen LogP contribution in [0.5, 0.6) is 0 Å². The molecule has 0 spiro atoms. The van der Waals surface area contributed by atoms with E-state index in [1.807, 2.05) is 27.7 Å². The van der Waals surface area contributed by atoms with Crippen molar-refractivity contribution in [2.24, 2.45) is 0 Å². The Morgan fingerprint density at radius 1 is 1.14 bits per heavy atom. The van der Waals surface area contributed by atoms with Gasteiger partial charge in [-0.25, -0.2) is 4.79 Å². The predicted molar refractivity (Wildman–Crippen MR) is 86.7 cm³/mol. The molecule has 0 aromatic rings. The van der Waals surface area contributed by atoms with E-state index in [9.17, 15) is 9.59 Å². The fraction of sp³-hybridized carbons (Fsp3) is 0.875. The van der Waals surface area contributed by atoms with Crippen molar-refractivity contribution in [3.8, 4) is 0 Å². The molecule has 2 unspecified atom stereocenters. The Kier molecular flexibility index (Phi) is 7.65. The fourth-order valence-electron chi connectivity index (χ4n) is 2.51. The van der Waals surface area contributed by atoms with Crippen LogP contribution >= 0.6 is 0 Å². The van der Waals surface area contributed by atoms with Crippen molar-refractivity contribution >= 4 is 12.0 Å². The van der Waals surface area contributed by atoms with Gasteiger partial charge in [0.05, 0.1) is 0 Å². The maximum Gasteiger partial charge on any atom is 0.407 e. The summed E-state index contributed by atoms with van der Waals surface area (Å²) in [5.74, 6) is 0.0933. The first-order valence-corrected chi connectivity index (χ1v) is 8.29. The van der Waals surface area contributed by atoms with E-state index in [1.54, 1.807) is 0 Å². The van der Waals surface area contributed by atoms with Crippen molar-refractivity contribution in [3.63, 3.8) is 0 Å². The minimum atomic E-state index is -0.466. The maximum atomic E-state index is 11.7. The summed E-state index contributed by atoms with van der Waals surface area (Å²) in [4.78, 5) is 23.2. The normalized spacial score (nSPS) is 21.5. The Bertz CT molecular complexity index is 366. The van der Waals surface area contributed by atoms with Crippen molar-refractivity contribution in [2.75, 3.05) is 13.1 Å². The van der Waals surface area contributed by atoms with Crippen molar-refractivity contribution in [1.29, 1.82) is 0 Å². The van der Waals surface area contributed by atoms with Crippen LogP contribution in [0, 0.1) is 0 Å². The van der Waals surface area contributed by atoms with Crippen LogP contribution in [0.3, 0.4) is 0 Å². The second kappa shape index (κ2) is 8.98. The molecule has 6 heteroatoms. The van der Waals surface area contributed by atoms with Gasteiger partial charge in [-0.3, -0.25) is 4.79 Å². The number of nitrogens with one attached hydrogen (secondary N) is 3. The average Bonchev–Trinajstić information content (AvgIpc) is 2.81. The van der Waals surface area contributed by atoms with Crippen LogP contribution in [0.1, 0.15) is 59.8 Å². The fourth-order valence-corrected chi connectivity index (χ4v) is 2.51. The molecule has 0 aromatic heterocycles. The Balaban J connectivity index is 2.15. The quantitative estimate of drug-likeness (QED) is 0.671. The first-order chi connectivity index (χ1) is 10.3. The van der Waals surface area contributed by atoms with E-state index in [4.69, 9.17) is 4.74 Å². The van der Waals surface area contributed by atoms with Crippen molar-refractivity contribution in [2.45, 2.75) is 77.5 Å². The zero-order valence-corrected chi connectivity index (χ0v) is 14.3. The van der Waals surface area contributed by atoms with Crippen molar-refractivity contribution in [1.82, 2.24) is 16.0 Å². The molecular weight excluding hydrogens is 282 g/mol. The molecule has 1 rings (SSSR count). The van der Waals surface area contributed by atoms with Crippen molar-refractivity contribution in [3.05, 3.63) is 0 Å². The lowest BCUT2D eigenvalue weighted by Crippen LogP contribution is -2.39. The van der Waals surface area contributed by atoms with Crippen LogP contribution in [0.25, 0.3) is 0 Å². The monoisotopic (exact) mass is 313 g/mol. The maximum absolute atomic E-state index is 11.7. The van der Waals surface area contributed by atoms with Gasteiger partial charge in [-0.15, -0.1) is 0 Å². The lowest BCUT2D eigenvalue weighted by atomic mass is 10.2. The first kappa shape index (κ1) is 18.7. The number of carbonyl (C=O) groups excluding carboxylic acids is 2. The van der Waals surface area contributed by atoms with Crippen LogP contribution < -0.4 is 16.0 Å². The van der Waals surface area contributed by atoms with Gasteiger partial charge in [0.25, 0.3) is 0 Å². The zero-order chi connectivity index (χ0) is 16.6. The van der Waals surface area contributed by atoms with E-state index in [2.05, 4.69) is 16.0 Å². The molecule has 22 heavy (non-hydrogen) atoms. The van der Waals surface area contributed by atoms with Gasteiger partial charge in [0.15, 0.2) is 0 Å². The van der Waals surface area contributed by atoms with Gasteiger partial charge in [0.2, 0.25) is 5.91 Å². The number of hydrogen-bond acceptors (Lipinski definition) is 4. The van der Waals surface area contributed by atoms with Crippen LogP contribution in [-0.4, -0.2) is 42.8 Å². The molecule has 1 aliphatic rings. The summed E-state index contributed by atoms with van der Waals surface area (Å²) in [7, 11) is 0. The lowest BCUT2D eigenvalue weighted by molar-refractivity contribution is -0.121. The molecule has 1 saturated carbocycles.